The Kier molecular flexibility index (Phi) is 5.94. The predicted octanol–water partition coefficient (Wildman–Crippen LogP) is 2.07. The lowest BCUT2D eigenvalue weighted by molar-refractivity contribution is 0.199. The normalized spacial score (nSPS) is 17.7. The standard InChI is InChI=1S/C20H26N8.ClH/c1-15-17(14-28(25-15)18-2-6-21-7-3-18)13-26-9-4-16(5-10-26)20-24-23-19-12-22-8-11-27(19)20;/h2-3,6-7,14,16,22H,4-5,8-13H2,1H3;1H. The van der Waals surface area contributed by atoms with Crippen LogP contribution >= 0.6 is 12.4 Å². The van der Waals surface area contributed by atoms with Gasteiger partial charge in [0.2, 0.25) is 0 Å². The smallest absolute Gasteiger partial charge is 0.147 e. The minimum absolute atomic E-state index is 0. The van der Waals surface area contributed by atoms with Gasteiger partial charge in [-0.05, 0) is 45.0 Å². The van der Waals surface area contributed by atoms with Crippen molar-refractivity contribution in [2.24, 2.45) is 0 Å². The van der Waals surface area contributed by atoms with Crippen molar-refractivity contribution in [1.82, 2.24) is 39.7 Å². The van der Waals surface area contributed by atoms with E-state index in [1.54, 1.807) is 12.4 Å². The molecule has 0 atom stereocenters. The van der Waals surface area contributed by atoms with Crippen LogP contribution in [0.5, 0.6) is 0 Å². The van der Waals surface area contributed by atoms with Gasteiger partial charge in [-0.2, -0.15) is 5.10 Å². The number of nitrogens with one attached hydrogen (secondary N) is 1. The second-order valence-corrected chi connectivity index (χ2v) is 7.74. The molecule has 0 aromatic carbocycles. The Morgan fingerprint density at radius 2 is 1.90 bits per heavy atom. The highest BCUT2D eigenvalue weighted by Gasteiger charge is 2.27. The molecule has 8 nitrogen and oxygen atoms in total. The van der Waals surface area contributed by atoms with Gasteiger partial charge in [0.1, 0.15) is 11.6 Å². The number of aromatic nitrogens is 6. The Morgan fingerprint density at radius 3 is 2.69 bits per heavy atom. The highest BCUT2D eigenvalue weighted by atomic mass is 35.5. The van der Waals surface area contributed by atoms with Crippen molar-refractivity contribution in [3.63, 3.8) is 0 Å². The maximum Gasteiger partial charge on any atom is 0.147 e. The first-order chi connectivity index (χ1) is 13.8. The fourth-order valence-electron chi connectivity index (χ4n) is 4.29. The van der Waals surface area contributed by atoms with Crippen molar-refractivity contribution in [2.45, 2.75) is 45.3 Å². The lowest BCUT2D eigenvalue weighted by Gasteiger charge is -2.31. The molecule has 0 saturated carbocycles. The van der Waals surface area contributed by atoms with E-state index in [9.17, 15) is 0 Å². The summed E-state index contributed by atoms with van der Waals surface area (Å²) in [6.45, 7) is 8.06. The molecule has 154 valence electrons. The Hall–Kier alpha value is -2.29. The summed E-state index contributed by atoms with van der Waals surface area (Å²) in [5.74, 6) is 2.80. The molecule has 5 rings (SSSR count). The lowest BCUT2D eigenvalue weighted by Crippen LogP contribution is -2.34. The molecule has 5 heterocycles. The third-order valence-electron chi connectivity index (χ3n) is 5.93. The van der Waals surface area contributed by atoms with E-state index < -0.39 is 0 Å². The monoisotopic (exact) mass is 414 g/mol. The lowest BCUT2D eigenvalue weighted by atomic mass is 9.95. The second kappa shape index (κ2) is 8.61. The van der Waals surface area contributed by atoms with Crippen molar-refractivity contribution in [3.8, 4) is 5.69 Å². The summed E-state index contributed by atoms with van der Waals surface area (Å²) >= 11 is 0. The van der Waals surface area contributed by atoms with Gasteiger partial charge in [0.15, 0.2) is 0 Å². The zero-order valence-corrected chi connectivity index (χ0v) is 17.5. The van der Waals surface area contributed by atoms with E-state index in [1.807, 2.05) is 16.8 Å². The molecule has 9 heteroatoms. The van der Waals surface area contributed by atoms with Gasteiger partial charge in [0, 0.05) is 49.7 Å². The summed E-state index contributed by atoms with van der Waals surface area (Å²) in [5, 5.41) is 17.0. The zero-order valence-electron chi connectivity index (χ0n) is 16.7. The molecule has 0 radical (unpaired) electrons. The van der Waals surface area contributed by atoms with Crippen LogP contribution < -0.4 is 5.32 Å². The van der Waals surface area contributed by atoms with Crippen LogP contribution in [0.25, 0.3) is 5.69 Å². The molecule has 0 unspecified atom stereocenters. The number of rotatable bonds is 4. The predicted molar refractivity (Wildman–Crippen MR) is 112 cm³/mol. The molecular weight excluding hydrogens is 388 g/mol. The molecule has 1 fully saturated rings. The van der Waals surface area contributed by atoms with Gasteiger partial charge < -0.3 is 9.88 Å². The maximum atomic E-state index is 4.68. The molecule has 0 aliphatic carbocycles. The van der Waals surface area contributed by atoms with E-state index >= 15 is 0 Å². The zero-order chi connectivity index (χ0) is 18.9. The fourth-order valence-corrected chi connectivity index (χ4v) is 4.29. The van der Waals surface area contributed by atoms with E-state index in [0.717, 1.165) is 69.3 Å². The van der Waals surface area contributed by atoms with E-state index in [4.69, 9.17) is 0 Å². The van der Waals surface area contributed by atoms with E-state index in [2.05, 4.69) is 48.2 Å². The Morgan fingerprint density at radius 1 is 1.10 bits per heavy atom. The second-order valence-electron chi connectivity index (χ2n) is 7.74. The highest BCUT2D eigenvalue weighted by Crippen LogP contribution is 2.28. The third kappa shape index (κ3) is 4.05. The number of hydrogen-bond acceptors (Lipinski definition) is 6. The van der Waals surface area contributed by atoms with Gasteiger partial charge in [-0.25, -0.2) is 4.68 Å². The average molecular weight is 415 g/mol. The van der Waals surface area contributed by atoms with Crippen molar-refractivity contribution >= 4 is 12.4 Å². The number of hydrogen-bond donors (Lipinski definition) is 1. The summed E-state index contributed by atoms with van der Waals surface area (Å²) in [5.41, 5.74) is 3.44. The van der Waals surface area contributed by atoms with Gasteiger partial charge in [-0.3, -0.25) is 9.88 Å². The van der Waals surface area contributed by atoms with Gasteiger partial charge in [0.05, 0.1) is 17.9 Å². The van der Waals surface area contributed by atoms with Crippen LogP contribution in [-0.4, -0.2) is 54.1 Å². The van der Waals surface area contributed by atoms with Crippen LogP contribution in [0.4, 0.5) is 0 Å². The molecule has 2 aliphatic heterocycles. The van der Waals surface area contributed by atoms with E-state index in [-0.39, 0.29) is 12.4 Å². The van der Waals surface area contributed by atoms with E-state index in [0.29, 0.717) is 5.92 Å². The van der Waals surface area contributed by atoms with Crippen molar-refractivity contribution in [2.75, 3.05) is 19.6 Å². The number of likely N-dealkylation sites (tertiary alicyclic amines) is 1. The van der Waals surface area contributed by atoms with Gasteiger partial charge >= 0.3 is 0 Å². The van der Waals surface area contributed by atoms with Gasteiger partial charge in [0.25, 0.3) is 0 Å². The summed E-state index contributed by atoms with van der Waals surface area (Å²) < 4.78 is 4.29. The van der Waals surface area contributed by atoms with Crippen LogP contribution in [0.15, 0.2) is 30.7 Å². The number of piperidine rings is 1. The first-order valence-corrected chi connectivity index (χ1v) is 10.1. The topological polar surface area (TPSA) is 76.7 Å². The number of aryl methyl sites for hydroxylation is 1. The first-order valence-electron chi connectivity index (χ1n) is 10.1. The molecule has 2 aliphatic rings. The number of nitrogens with zero attached hydrogens (tertiary/aromatic N) is 7. The quantitative estimate of drug-likeness (QED) is 0.704. The van der Waals surface area contributed by atoms with Gasteiger partial charge in [-0.1, -0.05) is 0 Å². The molecule has 3 aromatic heterocycles. The SMILES string of the molecule is Cc1nn(-c2ccncc2)cc1CN1CCC(c2nnc3n2CCNC3)CC1.Cl. The molecule has 1 saturated heterocycles. The maximum absolute atomic E-state index is 4.68. The summed E-state index contributed by atoms with van der Waals surface area (Å²) in [6, 6.07) is 3.97. The highest BCUT2D eigenvalue weighted by molar-refractivity contribution is 5.85. The largest absolute Gasteiger partial charge is 0.312 e. The fraction of sp³-hybridized carbons (Fsp3) is 0.500. The van der Waals surface area contributed by atoms with Crippen LogP contribution in [-0.2, 0) is 19.6 Å². The Balaban J connectivity index is 0.00000205. The van der Waals surface area contributed by atoms with Crippen molar-refractivity contribution in [3.05, 3.63) is 53.6 Å². The van der Waals surface area contributed by atoms with Gasteiger partial charge in [-0.15, -0.1) is 22.6 Å². The summed E-state index contributed by atoms with van der Waals surface area (Å²) in [4.78, 5) is 6.62. The minimum Gasteiger partial charge on any atom is -0.312 e. The molecule has 1 N–H and O–H groups in total. The molecule has 3 aromatic rings. The van der Waals surface area contributed by atoms with Crippen LogP contribution in [0.1, 0.15) is 41.7 Å². The minimum atomic E-state index is 0. The average Bonchev–Trinajstić information content (AvgIpc) is 3.33. The van der Waals surface area contributed by atoms with Crippen LogP contribution in [0, 0.1) is 6.92 Å². The Labute approximate surface area is 176 Å². The first kappa shape index (κ1) is 20.0. The van der Waals surface area contributed by atoms with Crippen LogP contribution in [0.3, 0.4) is 0 Å². The van der Waals surface area contributed by atoms with Crippen molar-refractivity contribution < 1.29 is 0 Å². The molecule has 0 amide bonds. The molecule has 0 bridgehead atoms. The number of fused-ring (bicyclic) bond motifs is 1. The Bertz CT molecular complexity index is 943. The third-order valence-corrected chi connectivity index (χ3v) is 5.93. The molecule has 0 spiro atoms. The summed E-state index contributed by atoms with van der Waals surface area (Å²) in [7, 11) is 0. The summed E-state index contributed by atoms with van der Waals surface area (Å²) in [6.07, 6.45) is 8.04. The number of pyridine rings is 1. The van der Waals surface area contributed by atoms with Crippen molar-refractivity contribution in [1.29, 1.82) is 0 Å². The van der Waals surface area contributed by atoms with Crippen LogP contribution in [0.2, 0.25) is 0 Å². The number of halogens is 1. The molecule has 29 heavy (non-hydrogen) atoms. The molecular formula is C20H27ClN8. The van der Waals surface area contributed by atoms with E-state index in [1.165, 1.54) is 11.4 Å².